The van der Waals surface area contributed by atoms with Crippen molar-refractivity contribution < 1.29 is 0 Å². The van der Waals surface area contributed by atoms with Crippen LogP contribution in [0, 0.1) is 5.92 Å². The summed E-state index contributed by atoms with van der Waals surface area (Å²) < 4.78 is 0. The number of piperazine rings is 1. The van der Waals surface area contributed by atoms with Crippen LogP contribution in [-0.2, 0) is 13.0 Å². The Labute approximate surface area is 140 Å². The van der Waals surface area contributed by atoms with Gasteiger partial charge in [-0.1, -0.05) is 74.5 Å². The molecule has 3 rings (SSSR count). The van der Waals surface area contributed by atoms with E-state index in [2.05, 4.69) is 84.7 Å². The fourth-order valence-corrected chi connectivity index (χ4v) is 3.43. The van der Waals surface area contributed by atoms with Gasteiger partial charge in [0, 0.05) is 31.7 Å². The zero-order valence-corrected chi connectivity index (χ0v) is 14.3. The highest BCUT2D eigenvalue weighted by Gasteiger charge is 2.29. The molecule has 2 aromatic carbocycles. The van der Waals surface area contributed by atoms with Gasteiger partial charge >= 0.3 is 0 Å². The standard InChI is InChI=1S/C21H28N2/c1-17(2)21-16-23(15-19-11-7-4-8-12-19)20(14-22-21)13-18-9-5-3-6-10-18/h3-12,17,20-22H,13-16H2,1-2H3. The zero-order chi connectivity index (χ0) is 16.1. The number of nitrogens with zero attached hydrogens (tertiary/aromatic N) is 1. The van der Waals surface area contributed by atoms with Gasteiger partial charge in [0.05, 0.1) is 0 Å². The van der Waals surface area contributed by atoms with Crippen LogP contribution in [0.5, 0.6) is 0 Å². The van der Waals surface area contributed by atoms with E-state index in [0.29, 0.717) is 18.0 Å². The molecule has 1 aliphatic rings. The molecule has 0 saturated carbocycles. The number of nitrogens with one attached hydrogen (secondary N) is 1. The molecule has 0 spiro atoms. The van der Waals surface area contributed by atoms with Gasteiger partial charge in [0.2, 0.25) is 0 Å². The van der Waals surface area contributed by atoms with Crippen LogP contribution in [0.1, 0.15) is 25.0 Å². The molecule has 0 aliphatic carbocycles. The third-order valence-electron chi connectivity index (χ3n) is 4.91. The highest BCUT2D eigenvalue weighted by molar-refractivity contribution is 5.18. The van der Waals surface area contributed by atoms with Crippen LogP contribution in [-0.4, -0.2) is 30.1 Å². The monoisotopic (exact) mass is 308 g/mol. The van der Waals surface area contributed by atoms with Crippen molar-refractivity contribution in [2.24, 2.45) is 5.92 Å². The van der Waals surface area contributed by atoms with Crippen LogP contribution in [0.15, 0.2) is 60.7 Å². The second-order valence-corrected chi connectivity index (χ2v) is 7.02. The molecule has 1 saturated heterocycles. The maximum atomic E-state index is 3.76. The molecule has 2 atom stereocenters. The fraction of sp³-hybridized carbons (Fsp3) is 0.429. The van der Waals surface area contributed by atoms with E-state index in [1.165, 1.54) is 11.1 Å². The van der Waals surface area contributed by atoms with Crippen LogP contribution in [0.3, 0.4) is 0 Å². The van der Waals surface area contributed by atoms with Crippen molar-refractivity contribution in [2.75, 3.05) is 13.1 Å². The predicted octanol–water partition coefficient (Wildman–Crippen LogP) is 3.73. The second kappa shape index (κ2) is 7.76. The SMILES string of the molecule is CC(C)C1CN(Cc2ccccc2)C(Cc2ccccc2)CN1. The topological polar surface area (TPSA) is 15.3 Å². The van der Waals surface area contributed by atoms with E-state index < -0.39 is 0 Å². The first kappa shape index (κ1) is 16.2. The number of hydrogen-bond donors (Lipinski definition) is 1. The zero-order valence-electron chi connectivity index (χ0n) is 14.3. The highest BCUT2D eigenvalue weighted by atomic mass is 15.2. The molecule has 1 fully saturated rings. The first-order valence-electron chi connectivity index (χ1n) is 8.77. The maximum Gasteiger partial charge on any atom is 0.0265 e. The molecule has 122 valence electrons. The molecule has 1 heterocycles. The third-order valence-corrected chi connectivity index (χ3v) is 4.91. The van der Waals surface area contributed by atoms with Crippen LogP contribution in [0.25, 0.3) is 0 Å². The van der Waals surface area contributed by atoms with Crippen molar-refractivity contribution in [1.82, 2.24) is 10.2 Å². The minimum absolute atomic E-state index is 0.563. The summed E-state index contributed by atoms with van der Waals surface area (Å²) in [7, 11) is 0. The normalized spacial score (nSPS) is 22.4. The van der Waals surface area contributed by atoms with Gasteiger partial charge in [0.15, 0.2) is 0 Å². The lowest BCUT2D eigenvalue weighted by Crippen LogP contribution is -2.58. The van der Waals surface area contributed by atoms with Crippen molar-refractivity contribution in [3.63, 3.8) is 0 Å². The lowest BCUT2D eigenvalue weighted by atomic mass is 9.95. The molecule has 23 heavy (non-hydrogen) atoms. The summed E-state index contributed by atoms with van der Waals surface area (Å²) in [5.41, 5.74) is 2.84. The van der Waals surface area contributed by atoms with Gasteiger partial charge in [-0.15, -0.1) is 0 Å². The Morgan fingerprint density at radius 1 is 0.957 bits per heavy atom. The van der Waals surface area contributed by atoms with Crippen LogP contribution in [0.2, 0.25) is 0 Å². The Morgan fingerprint density at radius 3 is 2.17 bits per heavy atom. The van der Waals surface area contributed by atoms with Crippen molar-refractivity contribution >= 4 is 0 Å². The number of benzene rings is 2. The Hall–Kier alpha value is -1.64. The molecule has 0 bridgehead atoms. The predicted molar refractivity (Wildman–Crippen MR) is 97.4 cm³/mol. The quantitative estimate of drug-likeness (QED) is 0.905. The molecular formula is C21H28N2. The summed E-state index contributed by atoms with van der Waals surface area (Å²) in [6, 6.07) is 22.9. The summed E-state index contributed by atoms with van der Waals surface area (Å²) in [6.45, 7) is 7.88. The summed E-state index contributed by atoms with van der Waals surface area (Å²) in [6.07, 6.45) is 1.12. The van der Waals surface area contributed by atoms with Crippen LogP contribution >= 0.6 is 0 Å². The first-order valence-corrected chi connectivity index (χ1v) is 8.77. The lowest BCUT2D eigenvalue weighted by Gasteiger charge is -2.42. The van der Waals surface area contributed by atoms with Gasteiger partial charge in [-0.05, 0) is 23.5 Å². The summed E-state index contributed by atoms with van der Waals surface area (Å²) in [5, 5.41) is 3.76. The third kappa shape index (κ3) is 4.43. The van der Waals surface area contributed by atoms with Crippen molar-refractivity contribution in [2.45, 2.75) is 38.9 Å². The molecule has 2 nitrogen and oxygen atoms in total. The molecule has 1 N–H and O–H groups in total. The molecule has 0 amide bonds. The van der Waals surface area contributed by atoms with Gasteiger partial charge in [0.25, 0.3) is 0 Å². The Morgan fingerprint density at radius 2 is 1.57 bits per heavy atom. The lowest BCUT2D eigenvalue weighted by molar-refractivity contribution is 0.106. The minimum atomic E-state index is 0.563. The van der Waals surface area contributed by atoms with E-state index in [4.69, 9.17) is 0 Å². The molecule has 2 unspecified atom stereocenters. The summed E-state index contributed by atoms with van der Waals surface area (Å²) >= 11 is 0. The Balaban J connectivity index is 1.73. The minimum Gasteiger partial charge on any atom is -0.311 e. The molecule has 0 radical (unpaired) electrons. The number of rotatable bonds is 5. The molecule has 1 aliphatic heterocycles. The molecule has 0 aromatic heterocycles. The van der Waals surface area contributed by atoms with Crippen LogP contribution in [0.4, 0.5) is 0 Å². The highest BCUT2D eigenvalue weighted by Crippen LogP contribution is 2.19. The average molecular weight is 308 g/mol. The van der Waals surface area contributed by atoms with E-state index in [1.807, 2.05) is 0 Å². The Bertz CT molecular complexity index is 579. The van der Waals surface area contributed by atoms with Gasteiger partial charge in [-0.2, -0.15) is 0 Å². The molecule has 2 heteroatoms. The van der Waals surface area contributed by atoms with Crippen molar-refractivity contribution in [1.29, 1.82) is 0 Å². The summed E-state index contributed by atoms with van der Waals surface area (Å²) in [4.78, 5) is 2.67. The van der Waals surface area contributed by atoms with E-state index in [1.54, 1.807) is 0 Å². The largest absolute Gasteiger partial charge is 0.311 e. The van der Waals surface area contributed by atoms with Gasteiger partial charge in [0.1, 0.15) is 0 Å². The first-order chi connectivity index (χ1) is 11.2. The Kier molecular flexibility index (Phi) is 5.47. The van der Waals surface area contributed by atoms with Gasteiger partial charge < -0.3 is 5.32 Å². The van der Waals surface area contributed by atoms with E-state index >= 15 is 0 Å². The van der Waals surface area contributed by atoms with Crippen molar-refractivity contribution in [3.05, 3.63) is 71.8 Å². The maximum absolute atomic E-state index is 3.76. The molecular weight excluding hydrogens is 280 g/mol. The molecule has 2 aromatic rings. The van der Waals surface area contributed by atoms with Crippen molar-refractivity contribution in [3.8, 4) is 0 Å². The smallest absolute Gasteiger partial charge is 0.0265 e. The van der Waals surface area contributed by atoms with Gasteiger partial charge in [-0.25, -0.2) is 0 Å². The van der Waals surface area contributed by atoms with E-state index in [-0.39, 0.29) is 0 Å². The van der Waals surface area contributed by atoms with Gasteiger partial charge in [-0.3, -0.25) is 4.90 Å². The average Bonchev–Trinajstić information content (AvgIpc) is 2.58. The fourth-order valence-electron chi connectivity index (χ4n) is 3.43. The van der Waals surface area contributed by atoms with E-state index in [9.17, 15) is 0 Å². The van der Waals surface area contributed by atoms with E-state index in [0.717, 1.165) is 26.1 Å². The second-order valence-electron chi connectivity index (χ2n) is 7.02. The van der Waals surface area contributed by atoms with Crippen LogP contribution < -0.4 is 5.32 Å². The number of hydrogen-bond acceptors (Lipinski definition) is 2. The summed E-state index contributed by atoms with van der Waals surface area (Å²) in [5.74, 6) is 0.672.